The molecule has 0 aliphatic carbocycles. The summed E-state index contributed by atoms with van der Waals surface area (Å²) in [7, 11) is 0. The Labute approximate surface area is 128 Å². The highest BCUT2D eigenvalue weighted by Gasteiger charge is 2.34. The summed E-state index contributed by atoms with van der Waals surface area (Å²) in [5.41, 5.74) is 2.83. The van der Waals surface area contributed by atoms with Gasteiger partial charge in [-0.25, -0.2) is 9.59 Å². The van der Waals surface area contributed by atoms with Gasteiger partial charge in [0.15, 0.2) is 0 Å². The first-order valence-electron chi connectivity index (χ1n) is 6.89. The van der Waals surface area contributed by atoms with Crippen molar-refractivity contribution in [2.75, 3.05) is 16.9 Å². The topological polar surface area (TPSA) is 69.6 Å². The number of carbonyl (C=O) groups excluding carboxylic acids is 1. The zero-order valence-corrected chi connectivity index (χ0v) is 13.2. The van der Waals surface area contributed by atoms with E-state index < -0.39 is 12.0 Å². The first kappa shape index (κ1) is 15.7. The van der Waals surface area contributed by atoms with E-state index in [-0.39, 0.29) is 11.9 Å². The fourth-order valence-corrected chi connectivity index (χ4v) is 3.51. The number of para-hydroxylation sites is 1. The molecule has 1 fully saturated rings. The summed E-state index contributed by atoms with van der Waals surface area (Å²) in [5, 5.41) is 12.1. The number of urea groups is 1. The zero-order valence-electron chi connectivity index (χ0n) is 12.4. The second-order valence-corrected chi connectivity index (χ2v) is 6.45. The smallest absolute Gasteiger partial charge is 0.327 e. The first-order valence-corrected chi connectivity index (χ1v) is 8.05. The fourth-order valence-electron chi connectivity index (χ4n) is 2.37. The Kier molecular flexibility index (Phi) is 4.77. The van der Waals surface area contributed by atoms with Crippen LogP contribution >= 0.6 is 11.8 Å². The van der Waals surface area contributed by atoms with Gasteiger partial charge in [0.05, 0.1) is 5.88 Å². The van der Waals surface area contributed by atoms with Gasteiger partial charge in [0, 0.05) is 11.4 Å². The average Bonchev–Trinajstić information content (AvgIpc) is 2.90. The fraction of sp³-hybridized carbons (Fsp3) is 0.467. The SMILES string of the molecule is Cc1cccc(C(C)C)c1NC(=O)N1CSC[C@H]1C(=O)O. The Balaban J connectivity index is 2.22. The number of carboxylic acids is 1. The molecule has 0 bridgehead atoms. The summed E-state index contributed by atoms with van der Waals surface area (Å²) in [6.07, 6.45) is 0. The zero-order chi connectivity index (χ0) is 15.6. The highest BCUT2D eigenvalue weighted by Crippen LogP contribution is 2.29. The summed E-state index contributed by atoms with van der Waals surface area (Å²) in [5.74, 6) is 0.173. The second-order valence-electron chi connectivity index (χ2n) is 5.45. The molecule has 0 radical (unpaired) electrons. The molecule has 0 unspecified atom stereocenters. The third-order valence-corrected chi connectivity index (χ3v) is 4.60. The van der Waals surface area contributed by atoms with Gasteiger partial charge in [0.1, 0.15) is 6.04 Å². The maximum absolute atomic E-state index is 12.4. The van der Waals surface area contributed by atoms with Crippen LogP contribution in [0.5, 0.6) is 0 Å². The number of amides is 2. The van der Waals surface area contributed by atoms with E-state index in [1.807, 2.05) is 25.1 Å². The Bertz CT molecular complexity index is 560. The van der Waals surface area contributed by atoms with Crippen molar-refractivity contribution in [3.8, 4) is 0 Å². The van der Waals surface area contributed by atoms with Crippen molar-refractivity contribution in [3.05, 3.63) is 29.3 Å². The molecular weight excluding hydrogens is 288 g/mol. The van der Waals surface area contributed by atoms with E-state index >= 15 is 0 Å². The van der Waals surface area contributed by atoms with Crippen molar-refractivity contribution in [1.82, 2.24) is 4.90 Å². The van der Waals surface area contributed by atoms with Crippen LogP contribution in [0.15, 0.2) is 18.2 Å². The molecular formula is C15H20N2O3S. The normalized spacial score (nSPS) is 18.1. The molecule has 2 rings (SSSR count). The molecule has 6 heteroatoms. The van der Waals surface area contributed by atoms with E-state index in [0.717, 1.165) is 16.8 Å². The lowest BCUT2D eigenvalue weighted by Gasteiger charge is -2.23. The van der Waals surface area contributed by atoms with Crippen molar-refractivity contribution in [1.29, 1.82) is 0 Å². The number of aliphatic carboxylic acids is 1. The van der Waals surface area contributed by atoms with Crippen LogP contribution in [0.1, 0.15) is 30.9 Å². The Morgan fingerprint density at radius 3 is 2.76 bits per heavy atom. The average molecular weight is 308 g/mol. The van der Waals surface area contributed by atoms with Gasteiger partial charge >= 0.3 is 12.0 Å². The van der Waals surface area contributed by atoms with E-state index in [1.54, 1.807) is 0 Å². The van der Waals surface area contributed by atoms with Gasteiger partial charge in [-0.3, -0.25) is 0 Å². The van der Waals surface area contributed by atoms with Crippen LogP contribution in [0.25, 0.3) is 0 Å². The van der Waals surface area contributed by atoms with Gasteiger partial charge < -0.3 is 15.3 Å². The number of nitrogens with zero attached hydrogens (tertiary/aromatic N) is 1. The molecule has 1 aliphatic rings. The molecule has 0 aromatic heterocycles. The number of benzene rings is 1. The molecule has 0 saturated carbocycles. The minimum absolute atomic E-state index is 0.281. The monoisotopic (exact) mass is 308 g/mol. The third kappa shape index (κ3) is 3.32. The largest absolute Gasteiger partial charge is 0.480 e. The van der Waals surface area contributed by atoms with Crippen LogP contribution < -0.4 is 5.32 Å². The maximum atomic E-state index is 12.4. The lowest BCUT2D eigenvalue weighted by atomic mass is 9.98. The van der Waals surface area contributed by atoms with Crippen LogP contribution in [-0.4, -0.2) is 39.7 Å². The second kappa shape index (κ2) is 6.39. The van der Waals surface area contributed by atoms with Crippen molar-refractivity contribution in [3.63, 3.8) is 0 Å². The number of hydrogen-bond donors (Lipinski definition) is 2. The minimum atomic E-state index is -0.955. The van der Waals surface area contributed by atoms with Crippen LogP contribution in [-0.2, 0) is 4.79 Å². The molecule has 2 amide bonds. The van der Waals surface area contributed by atoms with Gasteiger partial charge in [0.2, 0.25) is 0 Å². The van der Waals surface area contributed by atoms with E-state index in [0.29, 0.717) is 11.6 Å². The van der Waals surface area contributed by atoms with Crippen molar-refractivity contribution < 1.29 is 14.7 Å². The summed E-state index contributed by atoms with van der Waals surface area (Å²) >= 11 is 1.46. The van der Waals surface area contributed by atoms with Crippen LogP contribution in [0.3, 0.4) is 0 Å². The van der Waals surface area contributed by atoms with Crippen LogP contribution in [0, 0.1) is 6.92 Å². The molecule has 1 aromatic carbocycles. The van der Waals surface area contributed by atoms with E-state index in [9.17, 15) is 9.59 Å². The van der Waals surface area contributed by atoms with Crippen molar-refractivity contribution in [2.24, 2.45) is 0 Å². The van der Waals surface area contributed by atoms with Crippen molar-refractivity contribution in [2.45, 2.75) is 32.7 Å². The number of aryl methyl sites for hydroxylation is 1. The predicted octanol–water partition coefficient (Wildman–Crippen LogP) is 3.11. The van der Waals surface area contributed by atoms with E-state index in [4.69, 9.17) is 5.11 Å². The number of anilines is 1. The predicted molar refractivity (Wildman–Crippen MR) is 84.9 cm³/mol. The Hall–Kier alpha value is -1.69. The van der Waals surface area contributed by atoms with Gasteiger partial charge in [-0.05, 0) is 24.0 Å². The Morgan fingerprint density at radius 2 is 2.14 bits per heavy atom. The number of hydrogen-bond acceptors (Lipinski definition) is 3. The minimum Gasteiger partial charge on any atom is -0.480 e. The van der Waals surface area contributed by atoms with Crippen LogP contribution in [0.2, 0.25) is 0 Å². The molecule has 1 saturated heterocycles. The maximum Gasteiger partial charge on any atom is 0.327 e. The highest BCUT2D eigenvalue weighted by molar-refractivity contribution is 7.99. The molecule has 0 spiro atoms. The standard InChI is InChI=1S/C15H20N2O3S/c1-9(2)11-6-4-5-10(3)13(11)16-15(20)17-8-21-7-12(17)14(18)19/h4-6,9,12H,7-8H2,1-3H3,(H,16,20)(H,18,19)/t12-/m0/s1. The molecule has 1 heterocycles. The third-order valence-electron chi connectivity index (χ3n) is 3.59. The number of nitrogens with one attached hydrogen (secondary N) is 1. The number of rotatable bonds is 3. The Morgan fingerprint density at radius 1 is 1.43 bits per heavy atom. The summed E-state index contributed by atoms with van der Waals surface area (Å²) in [6.45, 7) is 6.07. The molecule has 1 atom stereocenters. The summed E-state index contributed by atoms with van der Waals surface area (Å²) in [6, 6.07) is 4.80. The van der Waals surface area contributed by atoms with E-state index in [1.165, 1.54) is 16.7 Å². The summed E-state index contributed by atoms with van der Waals surface area (Å²) < 4.78 is 0. The van der Waals surface area contributed by atoms with E-state index in [2.05, 4.69) is 19.2 Å². The molecule has 1 aromatic rings. The highest BCUT2D eigenvalue weighted by atomic mass is 32.2. The molecule has 21 heavy (non-hydrogen) atoms. The lowest BCUT2D eigenvalue weighted by Crippen LogP contribution is -2.44. The number of thioether (sulfide) groups is 1. The number of carbonyl (C=O) groups is 2. The van der Waals surface area contributed by atoms with Gasteiger partial charge in [-0.15, -0.1) is 11.8 Å². The number of carboxylic acid groups (broad SMARTS) is 1. The van der Waals surface area contributed by atoms with Crippen molar-refractivity contribution >= 4 is 29.4 Å². The van der Waals surface area contributed by atoms with Gasteiger partial charge in [-0.2, -0.15) is 0 Å². The first-order chi connectivity index (χ1) is 9.91. The molecule has 1 aliphatic heterocycles. The van der Waals surface area contributed by atoms with Gasteiger partial charge in [0.25, 0.3) is 0 Å². The summed E-state index contributed by atoms with van der Waals surface area (Å²) in [4.78, 5) is 24.9. The lowest BCUT2D eigenvalue weighted by molar-refractivity contribution is -0.140. The van der Waals surface area contributed by atoms with Gasteiger partial charge in [-0.1, -0.05) is 32.0 Å². The van der Waals surface area contributed by atoms with Crippen LogP contribution in [0.4, 0.5) is 10.5 Å². The molecule has 114 valence electrons. The molecule has 2 N–H and O–H groups in total. The molecule has 5 nitrogen and oxygen atoms in total. The quantitative estimate of drug-likeness (QED) is 0.900.